The Morgan fingerprint density at radius 2 is 2.25 bits per heavy atom. The largest absolute Gasteiger partial charge is 0.397 e. The van der Waals surface area contributed by atoms with Crippen molar-refractivity contribution in [3.63, 3.8) is 0 Å². The van der Waals surface area contributed by atoms with Crippen molar-refractivity contribution in [2.45, 2.75) is 32.2 Å². The van der Waals surface area contributed by atoms with Gasteiger partial charge in [-0.1, -0.05) is 28.9 Å². The van der Waals surface area contributed by atoms with E-state index in [-0.39, 0.29) is 5.91 Å². The maximum Gasteiger partial charge on any atom is 0.266 e. The molecule has 1 amide bonds. The summed E-state index contributed by atoms with van der Waals surface area (Å²) in [5, 5.41) is 0.966. The number of amides is 1. The number of nitrogen functional groups attached to an aromatic ring is 1. The number of carbonyl (C=O) groups is 1. The zero-order valence-corrected chi connectivity index (χ0v) is 13.8. The average Bonchev–Trinajstić information content (AvgIpc) is 3.20. The number of hydrogen-bond donors (Lipinski definition) is 1. The quantitative estimate of drug-likeness (QED) is 0.893. The second-order valence-corrected chi connectivity index (χ2v) is 7.09. The molecule has 0 radical (unpaired) electrons. The molecule has 0 unspecified atom stereocenters. The number of carbonyl (C=O) groups excluding carboxylic acids is 1. The lowest BCUT2D eigenvalue weighted by atomic mass is 10.2. The Morgan fingerprint density at radius 3 is 2.85 bits per heavy atom. The lowest BCUT2D eigenvalue weighted by Gasteiger charge is -2.21. The molecule has 1 saturated carbocycles. The number of fused-ring (bicyclic) bond motifs is 1. The molecule has 3 rings (SSSR count). The summed E-state index contributed by atoms with van der Waals surface area (Å²) < 4.78 is 2.02. The molecule has 106 valence electrons. The summed E-state index contributed by atoms with van der Waals surface area (Å²) in [4.78, 5) is 15.4. The van der Waals surface area contributed by atoms with E-state index in [0.29, 0.717) is 16.6 Å². The molecule has 0 saturated heterocycles. The number of benzene rings is 1. The van der Waals surface area contributed by atoms with Crippen molar-refractivity contribution in [3.05, 3.63) is 27.5 Å². The minimum Gasteiger partial charge on any atom is -0.397 e. The van der Waals surface area contributed by atoms with E-state index in [1.165, 1.54) is 11.3 Å². The van der Waals surface area contributed by atoms with Crippen LogP contribution in [-0.2, 0) is 0 Å². The smallest absolute Gasteiger partial charge is 0.266 e. The Morgan fingerprint density at radius 1 is 1.50 bits per heavy atom. The maximum absolute atomic E-state index is 12.8. The van der Waals surface area contributed by atoms with Gasteiger partial charge in [-0.25, -0.2) is 0 Å². The third-order valence-corrected chi connectivity index (χ3v) is 5.43. The number of thiophene rings is 1. The highest BCUT2D eigenvalue weighted by Crippen LogP contribution is 2.40. The van der Waals surface area contributed by atoms with E-state index in [1.54, 1.807) is 0 Å². The van der Waals surface area contributed by atoms with Crippen molar-refractivity contribution in [2.75, 3.05) is 12.3 Å². The van der Waals surface area contributed by atoms with Gasteiger partial charge in [0.25, 0.3) is 5.91 Å². The van der Waals surface area contributed by atoms with Crippen molar-refractivity contribution in [3.8, 4) is 0 Å². The van der Waals surface area contributed by atoms with Crippen LogP contribution < -0.4 is 5.73 Å². The monoisotopic (exact) mass is 352 g/mol. The molecule has 2 aromatic rings. The lowest BCUT2D eigenvalue weighted by molar-refractivity contribution is 0.0749. The summed E-state index contributed by atoms with van der Waals surface area (Å²) in [6.45, 7) is 2.92. The highest BCUT2D eigenvalue weighted by atomic mass is 79.9. The fourth-order valence-electron chi connectivity index (χ4n) is 2.50. The SMILES string of the molecule is CCCN(C(=O)c1sc2cccc(Br)c2c1N)C1CC1. The van der Waals surface area contributed by atoms with Gasteiger partial charge in [-0.3, -0.25) is 4.79 Å². The fourth-order valence-corrected chi connectivity index (χ4v) is 4.31. The number of rotatable bonds is 4. The molecule has 1 heterocycles. The zero-order chi connectivity index (χ0) is 14.3. The number of halogens is 1. The van der Waals surface area contributed by atoms with Crippen molar-refractivity contribution in [2.24, 2.45) is 0 Å². The van der Waals surface area contributed by atoms with Crippen LogP contribution in [0.5, 0.6) is 0 Å². The summed E-state index contributed by atoms with van der Waals surface area (Å²) in [5.41, 5.74) is 6.84. The molecule has 1 aliphatic rings. The summed E-state index contributed by atoms with van der Waals surface area (Å²) in [6, 6.07) is 6.38. The molecule has 1 aromatic carbocycles. The van der Waals surface area contributed by atoms with E-state index in [0.717, 1.165) is 40.4 Å². The highest BCUT2D eigenvalue weighted by molar-refractivity contribution is 9.10. The van der Waals surface area contributed by atoms with E-state index < -0.39 is 0 Å². The first kappa shape index (κ1) is 13.9. The Kier molecular flexibility index (Phi) is 3.73. The maximum atomic E-state index is 12.8. The van der Waals surface area contributed by atoms with E-state index in [1.807, 2.05) is 23.1 Å². The normalized spacial score (nSPS) is 14.7. The van der Waals surface area contributed by atoms with Crippen LogP contribution >= 0.6 is 27.3 Å². The predicted molar refractivity (Wildman–Crippen MR) is 88.3 cm³/mol. The van der Waals surface area contributed by atoms with Crippen LogP contribution in [0.1, 0.15) is 35.9 Å². The fraction of sp³-hybridized carbons (Fsp3) is 0.400. The molecule has 1 fully saturated rings. The van der Waals surface area contributed by atoms with Crippen LogP contribution in [0.3, 0.4) is 0 Å². The number of hydrogen-bond acceptors (Lipinski definition) is 3. The second kappa shape index (κ2) is 5.37. The summed E-state index contributed by atoms with van der Waals surface area (Å²) in [7, 11) is 0. The van der Waals surface area contributed by atoms with Crippen LogP contribution in [0.15, 0.2) is 22.7 Å². The first-order chi connectivity index (χ1) is 9.63. The minimum absolute atomic E-state index is 0.0972. The van der Waals surface area contributed by atoms with Crippen molar-refractivity contribution < 1.29 is 4.79 Å². The van der Waals surface area contributed by atoms with Gasteiger partial charge in [0.1, 0.15) is 4.88 Å². The predicted octanol–water partition coefficient (Wildman–Crippen LogP) is 4.26. The molecule has 3 nitrogen and oxygen atoms in total. The topological polar surface area (TPSA) is 46.3 Å². The van der Waals surface area contributed by atoms with Crippen LogP contribution in [0.25, 0.3) is 10.1 Å². The van der Waals surface area contributed by atoms with E-state index in [2.05, 4.69) is 22.9 Å². The van der Waals surface area contributed by atoms with Gasteiger partial charge in [-0.15, -0.1) is 11.3 Å². The molecular weight excluding hydrogens is 336 g/mol. The molecule has 1 aromatic heterocycles. The third kappa shape index (κ3) is 2.33. The van der Waals surface area contributed by atoms with Crippen molar-refractivity contribution in [1.29, 1.82) is 0 Å². The molecule has 0 atom stereocenters. The van der Waals surface area contributed by atoms with Crippen LogP contribution in [0, 0.1) is 0 Å². The second-order valence-electron chi connectivity index (χ2n) is 5.19. The molecule has 0 spiro atoms. The minimum atomic E-state index is 0.0972. The zero-order valence-electron chi connectivity index (χ0n) is 11.4. The van der Waals surface area contributed by atoms with E-state index in [9.17, 15) is 4.79 Å². The van der Waals surface area contributed by atoms with Crippen molar-refractivity contribution in [1.82, 2.24) is 4.90 Å². The lowest BCUT2D eigenvalue weighted by Crippen LogP contribution is -2.33. The van der Waals surface area contributed by atoms with Gasteiger partial charge in [0, 0.05) is 27.1 Å². The van der Waals surface area contributed by atoms with Gasteiger partial charge in [0.2, 0.25) is 0 Å². The standard InChI is InChI=1S/C15H17BrN2OS/c1-2-8-18(9-6-7-9)15(19)14-13(17)12-10(16)4-3-5-11(12)20-14/h3-5,9H,2,6-8,17H2,1H3. The molecule has 20 heavy (non-hydrogen) atoms. The van der Waals surface area contributed by atoms with Crippen LogP contribution in [0.2, 0.25) is 0 Å². The molecular formula is C15H17BrN2OS. The van der Waals surface area contributed by atoms with Gasteiger partial charge in [-0.2, -0.15) is 0 Å². The number of nitrogens with zero attached hydrogens (tertiary/aromatic N) is 1. The van der Waals surface area contributed by atoms with Gasteiger partial charge >= 0.3 is 0 Å². The highest BCUT2D eigenvalue weighted by Gasteiger charge is 2.34. The molecule has 0 aliphatic heterocycles. The Bertz CT molecular complexity index is 663. The van der Waals surface area contributed by atoms with Gasteiger partial charge in [0.05, 0.1) is 5.69 Å². The molecule has 1 aliphatic carbocycles. The van der Waals surface area contributed by atoms with Crippen molar-refractivity contribution >= 4 is 48.9 Å². The molecule has 5 heteroatoms. The number of nitrogens with two attached hydrogens (primary N) is 1. The average molecular weight is 353 g/mol. The Balaban J connectivity index is 2.03. The Labute approximate surface area is 130 Å². The Hall–Kier alpha value is -1.07. The van der Waals surface area contributed by atoms with Gasteiger partial charge in [-0.05, 0) is 31.4 Å². The van der Waals surface area contributed by atoms with Crippen LogP contribution in [-0.4, -0.2) is 23.4 Å². The molecule has 0 bridgehead atoms. The summed E-state index contributed by atoms with van der Waals surface area (Å²) >= 11 is 5.02. The summed E-state index contributed by atoms with van der Waals surface area (Å²) in [6.07, 6.45) is 3.23. The molecule has 2 N–H and O–H groups in total. The van der Waals surface area contributed by atoms with Crippen LogP contribution in [0.4, 0.5) is 5.69 Å². The third-order valence-electron chi connectivity index (χ3n) is 3.61. The van der Waals surface area contributed by atoms with Gasteiger partial charge in [0.15, 0.2) is 0 Å². The first-order valence-electron chi connectivity index (χ1n) is 6.91. The summed E-state index contributed by atoms with van der Waals surface area (Å²) in [5.74, 6) is 0.0972. The van der Waals surface area contributed by atoms with Gasteiger partial charge < -0.3 is 10.6 Å². The number of anilines is 1. The van der Waals surface area contributed by atoms with E-state index in [4.69, 9.17) is 5.73 Å². The first-order valence-corrected chi connectivity index (χ1v) is 8.52. The van der Waals surface area contributed by atoms with E-state index >= 15 is 0 Å².